The fourth-order valence-electron chi connectivity index (χ4n) is 3.73. The monoisotopic (exact) mass is 478 g/mol. The summed E-state index contributed by atoms with van der Waals surface area (Å²) in [4.78, 5) is 4.84. The summed E-state index contributed by atoms with van der Waals surface area (Å²) in [6, 6.07) is 21.1. The van der Waals surface area contributed by atoms with Gasteiger partial charge in [0.2, 0.25) is 15.2 Å². The van der Waals surface area contributed by atoms with Crippen LogP contribution in [0.15, 0.2) is 82.1 Å². The first-order chi connectivity index (χ1) is 16.1. The molecule has 1 aliphatic rings. The molecule has 4 aromatic rings. The lowest BCUT2D eigenvalue weighted by Crippen LogP contribution is -2.40. The lowest BCUT2D eigenvalue weighted by atomic mass is 10.1. The van der Waals surface area contributed by atoms with Crippen molar-refractivity contribution in [2.24, 2.45) is 5.10 Å². The minimum Gasteiger partial charge on any atom is -0.379 e. The summed E-state index contributed by atoms with van der Waals surface area (Å²) in [5, 5.41) is 9.14. The summed E-state index contributed by atoms with van der Waals surface area (Å²) >= 11 is 1.41. The van der Waals surface area contributed by atoms with Crippen LogP contribution in [0.4, 0.5) is 5.13 Å². The largest absolute Gasteiger partial charge is 0.379 e. The maximum absolute atomic E-state index is 13.0. The van der Waals surface area contributed by atoms with E-state index in [-0.39, 0.29) is 4.90 Å². The molecule has 1 aromatic heterocycles. The highest BCUT2D eigenvalue weighted by Crippen LogP contribution is 2.28. The molecule has 33 heavy (non-hydrogen) atoms. The van der Waals surface area contributed by atoms with E-state index in [1.807, 2.05) is 35.7 Å². The summed E-state index contributed by atoms with van der Waals surface area (Å²) in [5.41, 5.74) is 5.43. The van der Waals surface area contributed by atoms with Crippen molar-refractivity contribution in [3.8, 4) is 11.3 Å². The van der Waals surface area contributed by atoms with E-state index in [1.165, 1.54) is 15.6 Å². The van der Waals surface area contributed by atoms with E-state index >= 15 is 0 Å². The molecule has 2 heterocycles. The first-order valence-electron chi connectivity index (χ1n) is 10.5. The number of hydrogen-bond donors (Lipinski definition) is 1. The van der Waals surface area contributed by atoms with Crippen molar-refractivity contribution in [3.05, 3.63) is 77.7 Å². The maximum atomic E-state index is 13.0. The van der Waals surface area contributed by atoms with E-state index in [0.717, 1.165) is 21.9 Å². The van der Waals surface area contributed by atoms with Crippen molar-refractivity contribution >= 4 is 43.5 Å². The lowest BCUT2D eigenvalue weighted by Gasteiger charge is -2.26. The van der Waals surface area contributed by atoms with Crippen LogP contribution in [0.1, 0.15) is 5.56 Å². The van der Waals surface area contributed by atoms with E-state index in [2.05, 4.69) is 33.7 Å². The molecule has 0 bridgehead atoms. The Kier molecular flexibility index (Phi) is 6.19. The van der Waals surface area contributed by atoms with Gasteiger partial charge in [-0.25, -0.2) is 13.4 Å². The Balaban J connectivity index is 1.33. The second-order valence-corrected chi connectivity index (χ2v) is 10.3. The molecule has 9 heteroatoms. The minimum absolute atomic E-state index is 0.262. The van der Waals surface area contributed by atoms with Gasteiger partial charge < -0.3 is 4.74 Å². The maximum Gasteiger partial charge on any atom is 0.243 e. The molecular weight excluding hydrogens is 456 g/mol. The lowest BCUT2D eigenvalue weighted by molar-refractivity contribution is 0.0730. The fourth-order valence-corrected chi connectivity index (χ4v) is 5.85. The minimum atomic E-state index is -3.56. The van der Waals surface area contributed by atoms with Crippen LogP contribution in [0, 0.1) is 0 Å². The van der Waals surface area contributed by atoms with E-state index in [9.17, 15) is 8.42 Å². The highest BCUT2D eigenvalue weighted by molar-refractivity contribution is 7.89. The second-order valence-electron chi connectivity index (χ2n) is 7.52. The molecule has 0 saturated carbocycles. The molecule has 0 radical (unpaired) electrons. The van der Waals surface area contributed by atoms with Gasteiger partial charge >= 0.3 is 0 Å². The number of anilines is 1. The quantitative estimate of drug-likeness (QED) is 0.327. The molecular formula is C24H22N4O3S2. The number of benzene rings is 3. The summed E-state index contributed by atoms with van der Waals surface area (Å²) in [7, 11) is -3.56. The van der Waals surface area contributed by atoms with Crippen LogP contribution < -0.4 is 5.43 Å². The second kappa shape index (κ2) is 9.40. The van der Waals surface area contributed by atoms with Crippen LogP contribution in [0.5, 0.6) is 0 Å². The number of rotatable bonds is 6. The number of ether oxygens (including phenoxy) is 1. The molecule has 0 amide bonds. The van der Waals surface area contributed by atoms with Crippen LogP contribution >= 0.6 is 11.3 Å². The smallest absolute Gasteiger partial charge is 0.243 e. The SMILES string of the molecule is O=S(=O)(c1cccc(-c2csc(N/N=C/c3cccc4ccccc34)n2)c1)N1CCOCC1. The number of hydrogen-bond acceptors (Lipinski definition) is 7. The molecule has 0 unspecified atom stereocenters. The van der Waals surface area contributed by atoms with E-state index in [4.69, 9.17) is 4.74 Å². The van der Waals surface area contributed by atoms with Gasteiger partial charge in [-0.3, -0.25) is 5.43 Å². The van der Waals surface area contributed by atoms with Crippen molar-refractivity contribution in [1.82, 2.24) is 9.29 Å². The number of sulfonamides is 1. The number of fused-ring (bicyclic) bond motifs is 1. The first-order valence-corrected chi connectivity index (χ1v) is 12.8. The van der Waals surface area contributed by atoms with Gasteiger partial charge in [0.1, 0.15) is 0 Å². The Bertz CT molecular complexity index is 1400. The topological polar surface area (TPSA) is 83.9 Å². The molecule has 0 spiro atoms. The molecule has 1 saturated heterocycles. The first kappa shape index (κ1) is 21.7. The van der Waals surface area contributed by atoms with Gasteiger partial charge in [0.15, 0.2) is 0 Å². The summed E-state index contributed by atoms with van der Waals surface area (Å²) in [6.07, 6.45) is 1.78. The molecule has 1 fully saturated rings. The molecule has 0 atom stereocenters. The van der Waals surface area contributed by atoms with E-state index in [0.29, 0.717) is 37.1 Å². The number of thiazole rings is 1. The molecule has 1 N–H and O–H groups in total. The summed E-state index contributed by atoms with van der Waals surface area (Å²) in [6.45, 7) is 1.57. The Hall–Kier alpha value is -3.11. The van der Waals surface area contributed by atoms with Crippen LogP contribution in [-0.4, -0.2) is 50.2 Å². The third-order valence-corrected chi connectivity index (χ3v) is 8.07. The number of aromatic nitrogens is 1. The van der Waals surface area contributed by atoms with Gasteiger partial charge in [-0.1, -0.05) is 54.6 Å². The van der Waals surface area contributed by atoms with Crippen LogP contribution in [-0.2, 0) is 14.8 Å². The Labute approximate surface area is 196 Å². The summed E-state index contributed by atoms with van der Waals surface area (Å²) in [5.74, 6) is 0. The average molecular weight is 479 g/mol. The zero-order valence-electron chi connectivity index (χ0n) is 17.7. The molecule has 7 nitrogen and oxygen atoms in total. The van der Waals surface area contributed by atoms with Crippen molar-refractivity contribution in [3.63, 3.8) is 0 Å². The highest BCUT2D eigenvalue weighted by Gasteiger charge is 2.26. The zero-order valence-corrected chi connectivity index (χ0v) is 19.3. The summed E-state index contributed by atoms with van der Waals surface area (Å²) < 4.78 is 32.7. The van der Waals surface area contributed by atoms with E-state index in [1.54, 1.807) is 24.4 Å². The number of morpholine rings is 1. The molecule has 0 aliphatic carbocycles. The Morgan fingerprint density at radius 2 is 1.82 bits per heavy atom. The highest BCUT2D eigenvalue weighted by atomic mass is 32.2. The van der Waals surface area contributed by atoms with Gasteiger partial charge in [0, 0.05) is 29.6 Å². The van der Waals surface area contributed by atoms with E-state index < -0.39 is 10.0 Å². The number of hydrazone groups is 1. The average Bonchev–Trinajstić information content (AvgIpc) is 3.34. The van der Waals surface area contributed by atoms with Gasteiger partial charge in [0.25, 0.3) is 0 Å². The predicted octanol–water partition coefficient (Wildman–Crippen LogP) is 4.43. The molecule has 1 aliphatic heterocycles. The number of nitrogens with zero attached hydrogens (tertiary/aromatic N) is 3. The zero-order chi connectivity index (χ0) is 22.7. The predicted molar refractivity (Wildman–Crippen MR) is 132 cm³/mol. The van der Waals surface area contributed by atoms with Gasteiger partial charge in [-0.05, 0) is 22.9 Å². The van der Waals surface area contributed by atoms with Gasteiger partial charge in [-0.15, -0.1) is 11.3 Å². The molecule has 5 rings (SSSR count). The molecule has 168 valence electrons. The van der Waals surface area contributed by atoms with Crippen LogP contribution in [0.2, 0.25) is 0 Å². The normalized spacial score (nSPS) is 15.3. The van der Waals surface area contributed by atoms with Gasteiger partial charge in [0.05, 0.1) is 30.0 Å². The van der Waals surface area contributed by atoms with Crippen molar-refractivity contribution in [2.75, 3.05) is 31.7 Å². The van der Waals surface area contributed by atoms with Gasteiger partial charge in [-0.2, -0.15) is 9.41 Å². The van der Waals surface area contributed by atoms with Crippen molar-refractivity contribution in [1.29, 1.82) is 0 Å². The van der Waals surface area contributed by atoms with Crippen molar-refractivity contribution < 1.29 is 13.2 Å². The third kappa shape index (κ3) is 4.67. The molecule has 3 aromatic carbocycles. The van der Waals surface area contributed by atoms with Crippen LogP contribution in [0.3, 0.4) is 0 Å². The Morgan fingerprint density at radius 3 is 2.70 bits per heavy atom. The third-order valence-electron chi connectivity index (χ3n) is 5.43. The fraction of sp³-hybridized carbons (Fsp3) is 0.167. The van der Waals surface area contributed by atoms with Crippen molar-refractivity contribution in [2.45, 2.75) is 4.90 Å². The number of nitrogens with one attached hydrogen (secondary N) is 1. The Morgan fingerprint density at radius 1 is 1.03 bits per heavy atom. The standard InChI is InChI=1S/C24H22N4O3S2/c29-33(30,28-11-13-31-14-12-28)21-9-4-7-19(15-21)23-17-32-24(26-23)27-25-16-20-8-3-6-18-5-1-2-10-22(18)20/h1-10,15-17H,11-14H2,(H,26,27)/b25-16+. The van der Waals surface area contributed by atoms with Crippen LogP contribution in [0.25, 0.3) is 22.0 Å².